The van der Waals surface area contributed by atoms with E-state index in [4.69, 9.17) is 11.6 Å². The first-order valence-electron chi connectivity index (χ1n) is 8.39. The molecule has 1 amide bonds. The number of halogens is 7. The summed E-state index contributed by atoms with van der Waals surface area (Å²) in [6, 6.07) is 8.78. The third-order valence-corrected chi connectivity index (χ3v) is 4.15. The topological polar surface area (TPSA) is 66.9 Å². The van der Waals surface area contributed by atoms with Gasteiger partial charge in [0.2, 0.25) is 0 Å². The summed E-state index contributed by atoms with van der Waals surface area (Å²) in [5.41, 5.74) is -2.24. The van der Waals surface area contributed by atoms with Crippen molar-refractivity contribution >= 4 is 35.0 Å². The van der Waals surface area contributed by atoms with Gasteiger partial charge in [0, 0.05) is 11.8 Å². The van der Waals surface area contributed by atoms with E-state index in [1.165, 1.54) is 24.3 Å². The van der Waals surface area contributed by atoms with Gasteiger partial charge >= 0.3 is 12.4 Å². The monoisotopic (exact) mass is 460 g/mol. The van der Waals surface area contributed by atoms with Crippen molar-refractivity contribution < 1.29 is 31.1 Å². The third kappa shape index (κ3) is 5.63. The fraction of sp³-hybridized carbons (Fsp3) is 0.105. The van der Waals surface area contributed by atoms with Crippen LogP contribution >= 0.6 is 11.6 Å². The van der Waals surface area contributed by atoms with Crippen molar-refractivity contribution in [2.45, 2.75) is 12.4 Å². The van der Waals surface area contributed by atoms with Crippen molar-refractivity contribution in [1.29, 1.82) is 0 Å². The van der Waals surface area contributed by atoms with Crippen molar-refractivity contribution in [3.8, 4) is 0 Å². The maximum Gasteiger partial charge on any atom is 0.417 e. The molecule has 2 N–H and O–H groups in total. The maximum atomic E-state index is 12.8. The first-order valence-corrected chi connectivity index (χ1v) is 8.77. The lowest BCUT2D eigenvalue weighted by molar-refractivity contribution is -0.138. The number of rotatable bonds is 4. The van der Waals surface area contributed by atoms with Gasteiger partial charge in [0.1, 0.15) is 17.5 Å². The standard InChI is InChI=1S/C19H11ClF6N4O/c20-13-8-12(19(24,25)26)9-27-16(13)29-14-5-2-6-15(28-14)30-17(31)10-3-1-4-11(7-10)18(21,22)23/h1-9H,(H2,27,28,29,30,31). The Hall–Kier alpha value is -3.34. The van der Waals surface area contributed by atoms with Gasteiger partial charge in [-0.2, -0.15) is 26.3 Å². The highest BCUT2D eigenvalue weighted by Crippen LogP contribution is 2.33. The number of carbonyl (C=O) groups is 1. The molecule has 1 aromatic carbocycles. The summed E-state index contributed by atoms with van der Waals surface area (Å²) in [6.45, 7) is 0. The highest BCUT2D eigenvalue weighted by atomic mass is 35.5. The molecular weight excluding hydrogens is 450 g/mol. The average molecular weight is 461 g/mol. The Balaban J connectivity index is 1.76. The Morgan fingerprint density at radius 1 is 0.871 bits per heavy atom. The smallest absolute Gasteiger partial charge is 0.324 e. The number of nitrogens with zero attached hydrogens (tertiary/aromatic N) is 2. The Bertz CT molecular complexity index is 1120. The van der Waals surface area contributed by atoms with Crippen molar-refractivity contribution in [2.75, 3.05) is 10.6 Å². The van der Waals surface area contributed by atoms with Crippen LogP contribution in [0.1, 0.15) is 21.5 Å². The Kier molecular flexibility index (Phi) is 6.07. The fourth-order valence-corrected chi connectivity index (χ4v) is 2.62. The summed E-state index contributed by atoms with van der Waals surface area (Å²) >= 11 is 5.83. The van der Waals surface area contributed by atoms with Crippen LogP contribution in [0, 0.1) is 0 Å². The molecular formula is C19H11ClF6N4O. The number of hydrogen-bond acceptors (Lipinski definition) is 4. The quantitative estimate of drug-likeness (QED) is 0.457. The summed E-state index contributed by atoms with van der Waals surface area (Å²) in [7, 11) is 0. The molecule has 0 saturated heterocycles. The van der Waals surface area contributed by atoms with Crippen LogP contribution in [0.5, 0.6) is 0 Å². The molecule has 0 aliphatic rings. The molecule has 0 atom stereocenters. The molecule has 162 valence electrons. The molecule has 0 saturated carbocycles. The number of amides is 1. The zero-order valence-corrected chi connectivity index (χ0v) is 15.9. The van der Waals surface area contributed by atoms with E-state index in [1.54, 1.807) is 0 Å². The van der Waals surface area contributed by atoms with Crippen LogP contribution in [-0.4, -0.2) is 15.9 Å². The second-order valence-corrected chi connectivity index (χ2v) is 6.53. The van der Waals surface area contributed by atoms with Crippen LogP contribution in [-0.2, 0) is 12.4 Å². The van der Waals surface area contributed by atoms with Gasteiger partial charge in [0.15, 0.2) is 0 Å². The SMILES string of the molecule is O=C(Nc1cccc(Nc2ncc(C(F)(F)F)cc2Cl)n1)c1cccc(C(F)(F)F)c1. The Morgan fingerprint density at radius 2 is 1.52 bits per heavy atom. The van der Waals surface area contributed by atoms with Gasteiger partial charge in [0.05, 0.1) is 16.1 Å². The van der Waals surface area contributed by atoms with E-state index in [9.17, 15) is 31.1 Å². The number of benzene rings is 1. The van der Waals surface area contributed by atoms with Crippen molar-refractivity contribution in [2.24, 2.45) is 0 Å². The summed E-state index contributed by atoms with van der Waals surface area (Å²) in [4.78, 5) is 19.9. The van der Waals surface area contributed by atoms with Crippen LogP contribution in [0.15, 0.2) is 54.7 Å². The summed E-state index contributed by atoms with van der Waals surface area (Å²) in [5, 5.41) is 4.65. The first kappa shape index (κ1) is 22.3. The van der Waals surface area contributed by atoms with Gasteiger partial charge in [-0.3, -0.25) is 4.79 Å². The molecule has 0 spiro atoms. The lowest BCUT2D eigenvalue weighted by Crippen LogP contribution is -2.15. The van der Waals surface area contributed by atoms with Crippen molar-refractivity contribution in [1.82, 2.24) is 9.97 Å². The van der Waals surface area contributed by atoms with Crippen LogP contribution in [0.25, 0.3) is 0 Å². The lowest BCUT2D eigenvalue weighted by Gasteiger charge is -2.12. The minimum absolute atomic E-state index is 0.0181. The minimum Gasteiger partial charge on any atom is -0.324 e. The molecule has 0 unspecified atom stereocenters. The van der Waals surface area contributed by atoms with Crippen LogP contribution in [0.3, 0.4) is 0 Å². The first-order chi connectivity index (χ1) is 14.4. The predicted molar refractivity (Wildman–Crippen MR) is 101 cm³/mol. The number of alkyl halides is 6. The largest absolute Gasteiger partial charge is 0.417 e. The minimum atomic E-state index is -4.61. The van der Waals surface area contributed by atoms with Gasteiger partial charge in [-0.1, -0.05) is 23.7 Å². The highest BCUT2D eigenvalue weighted by molar-refractivity contribution is 6.33. The van der Waals surface area contributed by atoms with Crippen LogP contribution < -0.4 is 10.6 Å². The molecule has 3 aromatic rings. The molecule has 2 aromatic heterocycles. The molecule has 3 rings (SSSR count). The number of carbonyl (C=O) groups excluding carboxylic acids is 1. The van der Waals surface area contributed by atoms with E-state index >= 15 is 0 Å². The predicted octanol–water partition coefficient (Wildman–Crippen LogP) is 6.16. The molecule has 0 radical (unpaired) electrons. The van der Waals surface area contributed by atoms with Crippen molar-refractivity contribution in [3.63, 3.8) is 0 Å². The van der Waals surface area contributed by atoms with E-state index in [-0.39, 0.29) is 28.0 Å². The Morgan fingerprint density at radius 3 is 2.16 bits per heavy atom. The number of nitrogens with one attached hydrogen (secondary N) is 2. The number of aromatic nitrogens is 2. The van der Waals surface area contributed by atoms with E-state index < -0.39 is 29.4 Å². The maximum absolute atomic E-state index is 12.8. The van der Waals surface area contributed by atoms with Gasteiger partial charge in [0.25, 0.3) is 5.91 Å². The van der Waals surface area contributed by atoms with Crippen LogP contribution in [0.2, 0.25) is 5.02 Å². The third-order valence-electron chi connectivity index (χ3n) is 3.86. The zero-order chi connectivity index (χ0) is 22.8. The van der Waals surface area contributed by atoms with E-state index in [0.29, 0.717) is 18.3 Å². The van der Waals surface area contributed by atoms with Crippen LogP contribution in [0.4, 0.5) is 43.8 Å². The number of anilines is 3. The molecule has 31 heavy (non-hydrogen) atoms. The van der Waals surface area contributed by atoms with E-state index in [2.05, 4.69) is 20.6 Å². The molecule has 0 aliphatic carbocycles. The van der Waals surface area contributed by atoms with Gasteiger partial charge < -0.3 is 10.6 Å². The summed E-state index contributed by atoms with van der Waals surface area (Å²) in [5.74, 6) is -0.878. The van der Waals surface area contributed by atoms with E-state index in [0.717, 1.165) is 12.1 Å². The lowest BCUT2D eigenvalue weighted by atomic mass is 10.1. The average Bonchev–Trinajstić information content (AvgIpc) is 2.68. The molecule has 0 aliphatic heterocycles. The zero-order valence-electron chi connectivity index (χ0n) is 15.1. The molecule has 0 bridgehead atoms. The van der Waals surface area contributed by atoms with Gasteiger partial charge in [-0.15, -0.1) is 0 Å². The van der Waals surface area contributed by atoms with Gasteiger partial charge in [-0.25, -0.2) is 9.97 Å². The summed E-state index contributed by atoms with van der Waals surface area (Å²) in [6.07, 6.45) is -8.62. The number of pyridine rings is 2. The Labute approximate surface area is 176 Å². The molecule has 12 heteroatoms. The van der Waals surface area contributed by atoms with Gasteiger partial charge in [-0.05, 0) is 36.4 Å². The second-order valence-electron chi connectivity index (χ2n) is 6.12. The van der Waals surface area contributed by atoms with Crippen molar-refractivity contribution in [3.05, 3.63) is 76.4 Å². The number of hydrogen-bond donors (Lipinski definition) is 2. The molecule has 5 nitrogen and oxygen atoms in total. The normalized spacial score (nSPS) is 11.8. The fourth-order valence-electron chi connectivity index (χ4n) is 2.41. The second kappa shape index (κ2) is 8.42. The highest BCUT2D eigenvalue weighted by Gasteiger charge is 2.32. The molecule has 0 fully saturated rings. The molecule has 2 heterocycles. The summed E-state index contributed by atoms with van der Waals surface area (Å²) < 4.78 is 76.5. The van der Waals surface area contributed by atoms with E-state index in [1.807, 2.05) is 0 Å².